The van der Waals surface area contributed by atoms with Crippen LogP contribution in [0.25, 0.3) is 0 Å². The van der Waals surface area contributed by atoms with Gasteiger partial charge in [0, 0.05) is 0 Å². The first-order chi connectivity index (χ1) is 8.47. The second-order valence-corrected chi connectivity index (χ2v) is 7.32. The summed E-state index contributed by atoms with van der Waals surface area (Å²) in [6, 6.07) is 0. The maximum atomic E-state index is 12.1. The van der Waals surface area contributed by atoms with Gasteiger partial charge < -0.3 is 9.47 Å². The molecule has 0 N–H and O–H groups in total. The fourth-order valence-electron chi connectivity index (χ4n) is 2.26. The first-order valence-corrected chi connectivity index (χ1v) is 7.92. The minimum atomic E-state index is -1.18. The number of hydrogen-bond acceptors (Lipinski definition) is 4. The van der Waals surface area contributed by atoms with Gasteiger partial charge in [0.15, 0.2) is 16.9 Å². The summed E-state index contributed by atoms with van der Waals surface area (Å²) >= 11 is -1.18. The summed E-state index contributed by atoms with van der Waals surface area (Å²) in [6.07, 6.45) is 4.84. The molecule has 2 unspecified atom stereocenters. The monoisotopic (exact) mass is 276 g/mol. The minimum absolute atomic E-state index is 0.0567. The smallest absolute Gasteiger partial charge is 0.163 e. The summed E-state index contributed by atoms with van der Waals surface area (Å²) in [7, 11) is 0. The molecule has 1 saturated carbocycles. The molecule has 2 aliphatic rings. The van der Waals surface area contributed by atoms with E-state index < -0.39 is 16.9 Å². The van der Waals surface area contributed by atoms with E-state index in [-0.39, 0.29) is 10.9 Å². The molecular weight excluding hydrogens is 252 g/mol. The summed E-state index contributed by atoms with van der Waals surface area (Å²) in [4.78, 5) is 0. The van der Waals surface area contributed by atoms with Crippen LogP contribution in [0.1, 0.15) is 52.9 Å². The molecule has 0 bridgehead atoms. The van der Waals surface area contributed by atoms with Crippen LogP contribution in [0.4, 0.5) is 0 Å². The SMILES string of the molecule is CCCCOS(=O)C1(CC2COC(C)(C)O2)CC1. The topological polar surface area (TPSA) is 44.8 Å². The van der Waals surface area contributed by atoms with Gasteiger partial charge in [-0.15, -0.1) is 0 Å². The summed E-state index contributed by atoms with van der Waals surface area (Å²) in [6.45, 7) is 7.13. The Morgan fingerprint density at radius 1 is 1.39 bits per heavy atom. The number of unbranched alkanes of at least 4 members (excludes halogenated alkanes) is 1. The van der Waals surface area contributed by atoms with E-state index in [0.717, 1.165) is 32.1 Å². The van der Waals surface area contributed by atoms with E-state index in [9.17, 15) is 4.21 Å². The third-order valence-electron chi connectivity index (χ3n) is 3.52. The molecule has 1 heterocycles. The Hall–Kier alpha value is 0.0300. The fraction of sp³-hybridized carbons (Fsp3) is 1.00. The Morgan fingerprint density at radius 2 is 2.11 bits per heavy atom. The highest BCUT2D eigenvalue weighted by Gasteiger charge is 2.52. The average Bonchev–Trinajstić information content (AvgIpc) is 2.99. The van der Waals surface area contributed by atoms with Crippen molar-refractivity contribution in [2.45, 2.75) is 69.5 Å². The zero-order valence-electron chi connectivity index (χ0n) is 11.6. The second-order valence-electron chi connectivity index (χ2n) is 5.75. The largest absolute Gasteiger partial charge is 0.348 e. The van der Waals surface area contributed by atoms with Gasteiger partial charge in [0.2, 0.25) is 0 Å². The van der Waals surface area contributed by atoms with E-state index in [1.165, 1.54) is 0 Å². The molecule has 5 heteroatoms. The van der Waals surface area contributed by atoms with Crippen molar-refractivity contribution in [3.63, 3.8) is 0 Å². The third-order valence-corrected chi connectivity index (χ3v) is 5.18. The quantitative estimate of drug-likeness (QED) is 0.670. The van der Waals surface area contributed by atoms with E-state index in [0.29, 0.717) is 13.2 Å². The lowest BCUT2D eigenvalue weighted by Crippen LogP contribution is -2.28. The fourth-order valence-corrected chi connectivity index (χ4v) is 3.54. The first kappa shape index (κ1) is 14.4. The lowest BCUT2D eigenvalue weighted by molar-refractivity contribution is -0.139. The molecule has 0 aromatic heterocycles. The zero-order valence-corrected chi connectivity index (χ0v) is 12.4. The molecule has 4 nitrogen and oxygen atoms in total. The van der Waals surface area contributed by atoms with Crippen molar-refractivity contribution >= 4 is 11.1 Å². The lowest BCUT2D eigenvalue weighted by atomic mass is 10.2. The normalized spacial score (nSPS) is 30.3. The van der Waals surface area contributed by atoms with Crippen molar-refractivity contribution in [2.24, 2.45) is 0 Å². The highest BCUT2D eigenvalue weighted by atomic mass is 32.2. The molecular formula is C13H24O4S. The van der Waals surface area contributed by atoms with E-state index in [1.807, 2.05) is 13.8 Å². The van der Waals surface area contributed by atoms with E-state index in [2.05, 4.69) is 6.92 Å². The Labute approximate surface area is 112 Å². The maximum absolute atomic E-state index is 12.1. The van der Waals surface area contributed by atoms with Gasteiger partial charge in [-0.2, -0.15) is 0 Å². The zero-order chi connectivity index (χ0) is 13.2. The Bertz CT molecular complexity index is 312. The summed E-state index contributed by atoms with van der Waals surface area (Å²) in [5.74, 6) is -0.495. The molecule has 18 heavy (non-hydrogen) atoms. The number of ether oxygens (including phenoxy) is 2. The van der Waals surface area contributed by atoms with E-state index >= 15 is 0 Å². The highest BCUT2D eigenvalue weighted by Crippen LogP contribution is 2.47. The molecule has 2 atom stereocenters. The molecule has 0 spiro atoms. The predicted octanol–water partition coefficient (Wildman–Crippen LogP) is 2.54. The van der Waals surface area contributed by atoms with Crippen LogP contribution in [0.5, 0.6) is 0 Å². The average molecular weight is 276 g/mol. The first-order valence-electron chi connectivity index (χ1n) is 6.84. The van der Waals surface area contributed by atoms with Crippen LogP contribution in [-0.2, 0) is 24.7 Å². The molecule has 0 amide bonds. The molecule has 1 aliphatic heterocycles. The molecule has 106 valence electrons. The standard InChI is InChI=1S/C13H24O4S/c1-4-5-8-16-18(14)13(6-7-13)9-11-10-15-12(2,3)17-11/h11H,4-10H2,1-3H3. The molecule has 0 aromatic rings. The maximum Gasteiger partial charge on any atom is 0.163 e. The van der Waals surface area contributed by atoms with Crippen molar-refractivity contribution in [1.82, 2.24) is 0 Å². The van der Waals surface area contributed by atoms with Gasteiger partial charge in [0.05, 0.1) is 24.1 Å². The molecule has 0 aromatic carbocycles. The highest BCUT2D eigenvalue weighted by molar-refractivity contribution is 7.82. The Morgan fingerprint density at radius 3 is 2.61 bits per heavy atom. The van der Waals surface area contributed by atoms with Gasteiger partial charge in [-0.05, 0) is 39.5 Å². The van der Waals surface area contributed by atoms with Crippen LogP contribution in [-0.4, -0.2) is 34.1 Å². The van der Waals surface area contributed by atoms with Crippen LogP contribution in [0, 0.1) is 0 Å². The Kier molecular flexibility index (Phi) is 4.47. The van der Waals surface area contributed by atoms with Crippen molar-refractivity contribution in [3.05, 3.63) is 0 Å². The van der Waals surface area contributed by atoms with Gasteiger partial charge in [-0.1, -0.05) is 13.3 Å². The van der Waals surface area contributed by atoms with Crippen LogP contribution in [0.2, 0.25) is 0 Å². The summed E-state index contributed by atoms with van der Waals surface area (Å²) < 4.78 is 28.8. The van der Waals surface area contributed by atoms with Crippen LogP contribution < -0.4 is 0 Å². The predicted molar refractivity (Wildman–Crippen MR) is 70.5 cm³/mol. The van der Waals surface area contributed by atoms with Crippen LogP contribution in [0.15, 0.2) is 0 Å². The second kappa shape index (κ2) is 5.57. The van der Waals surface area contributed by atoms with Crippen molar-refractivity contribution in [2.75, 3.05) is 13.2 Å². The molecule has 1 aliphatic carbocycles. The minimum Gasteiger partial charge on any atom is -0.348 e. The lowest BCUT2D eigenvalue weighted by Gasteiger charge is -2.20. The van der Waals surface area contributed by atoms with Crippen molar-refractivity contribution in [1.29, 1.82) is 0 Å². The van der Waals surface area contributed by atoms with Gasteiger partial charge in [0.25, 0.3) is 0 Å². The van der Waals surface area contributed by atoms with Gasteiger partial charge in [-0.25, -0.2) is 4.21 Å². The third kappa shape index (κ3) is 3.53. The molecule has 2 rings (SSSR count). The van der Waals surface area contributed by atoms with Crippen LogP contribution in [0.3, 0.4) is 0 Å². The van der Waals surface area contributed by atoms with Crippen molar-refractivity contribution < 1.29 is 17.9 Å². The van der Waals surface area contributed by atoms with Gasteiger partial charge in [-0.3, -0.25) is 4.18 Å². The number of hydrogen-bond donors (Lipinski definition) is 0. The van der Waals surface area contributed by atoms with Crippen molar-refractivity contribution in [3.8, 4) is 0 Å². The molecule has 1 saturated heterocycles. The molecule has 0 radical (unpaired) electrons. The molecule has 2 fully saturated rings. The van der Waals surface area contributed by atoms with E-state index in [4.69, 9.17) is 13.7 Å². The Balaban J connectivity index is 1.79. The van der Waals surface area contributed by atoms with Crippen LogP contribution >= 0.6 is 0 Å². The van der Waals surface area contributed by atoms with Gasteiger partial charge >= 0.3 is 0 Å². The summed E-state index contributed by atoms with van der Waals surface area (Å²) in [5.41, 5.74) is 0. The van der Waals surface area contributed by atoms with Gasteiger partial charge in [0.1, 0.15) is 0 Å². The number of rotatable bonds is 7. The summed E-state index contributed by atoms with van der Waals surface area (Å²) in [5, 5.41) is 0. The van der Waals surface area contributed by atoms with E-state index in [1.54, 1.807) is 0 Å².